The third kappa shape index (κ3) is 2.43. The second kappa shape index (κ2) is 4.04. The molecule has 3 unspecified atom stereocenters. The van der Waals surface area contributed by atoms with Crippen LogP contribution in [0.5, 0.6) is 0 Å². The number of aliphatic hydroxyl groups is 1. The fourth-order valence-electron chi connectivity index (χ4n) is 0.983. The minimum atomic E-state index is -1.91. The van der Waals surface area contributed by atoms with Crippen molar-refractivity contribution in [2.45, 2.75) is 38.8 Å². The summed E-state index contributed by atoms with van der Waals surface area (Å²) >= 11 is 0. The highest BCUT2D eigenvalue weighted by Crippen LogP contribution is 2.16. The highest BCUT2D eigenvalue weighted by Gasteiger charge is 2.23. The Morgan fingerprint density at radius 1 is 1.91 bits per heavy atom. The van der Waals surface area contributed by atoms with Crippen LogP contribution in [0.15, 0.2) is 0 Å². The second-order valence-corrected chi connectivity index (χ2v) is 2.45. The summed E-state index contributed by atoms with van der Waals surface area (Å²) in [6.45, 7) is 1.39. The fourth-order valence-corrected chi connectivity index (χ4v) is 0.983. The number of aliphatic hydroxyl groups excluding tert-OH is 1. The topological polar surface area (TPSA) is 32.7 Å². The first-order valence-electron chi connectivity index (χ1n) is 5.84. The molecule has 0 saturated carbocycles. The Labute approximate surface area is 73.5 Å². The number of rotatable bonds is 2. The lowest BCUT2D eigenvalue weighted by molar-refractivity contribution is -0.201. The Balaban J connectivity index is 2.97. The molecule has 1 saturated heterocycles. The van der Waals surface area contributed by atoms with Crippen molar-refractivity contribution in [2.24, 2.45) is 0 Å². The first-order valence-corrected chi connectivity index (χ1v) is 3.77. The smallest absolute Gasteiger partial charge is 0.0657 e. The van der Waals surface area contributed by atoms with Crippen molar-refractivity contribution in [1.29, 1.82) is 0 Å². The molecule has 1 fully saturated rings. The average Bonchev–Trinajstić information content (AvgIpc) is 2.09. The van der Waals surface area contributed by atoms with E-state index in [1.165, 1.54) is 6.92 Å². The van der Waals surface area contributed by atoms with Crippen LogP contribution in [-0.2, 0) is 4.84 Å². The summed E-state index contributed by atoms with van der Waals surface area (Å²) in [5, 5.41) is 10.4. The number of hydrogen-bond acceptors (Lipinski definition) is 3. The van der Waals surface area contributed by atoms with Gasteiger partial charge in [0.2, 0.25) is 0 Å². The summed E-state index contributed by atoms with van der Waals surface area (Å²) in [5.74, 6) is 0. The van der Waals surface area contributed by atoms with E-state index in [4.69, 9.17) is 10.3 Å². The maximum Gasteiger partial charge on any atom is 0.0657 e. The largest absolute Gasteiger partial charge is 0.393 e. The molecule has 66 valence electrons. The van der Waals surface area contributed by atoms with Gasteiger partial charge in [0.1, 0.15) is 0 Å². The van der Waals surface area contributed by atoms with Crippen molar-refractivity contribution in [1.82, 2.24) is 5.06 Å². The van der Waals surface area contributed by atoms with Crippen molar-refractivity contribution in [3.63, 3.8) is 0 Å². The number of nitrogens with zero attached hydrogens (tertiary/aromatic N) is 1. The lowest BCUT2D eigenvalue weighted by Gasteiger charge is -2.34. The van der Waals surface area contributed by atoms with Gasteiger partial charge in [0.15, 0.2) is 0 Å². The van der Waals surface area contributed by atoms with E-state index in [9.17, 15) is 5.11 Å². The standard InChI is InChI=1S/C8H17NO2/c1-3-11-9-5-4-8(10)6-7(9)2/h7-8,10H,3-6H2,1-2H3/i5T2,6T,7T. The van der Waals surface area contributed by atoms with Gasteiger partial charge in [-0.3, -0.25) is 4.84 Å². The molecule has 0 aliphatic carbocycles. The summed E-state index contributed by atoms with van der Waals surface area (Å²) in [6.07, 6.45) is -2.46. The molecule has 1 aliphatic rings. The zero-order valence-corrected chi connectivity index (χ0v) is 6.87. The molecule has 0 radical (unpaired) electrons. The number of hydroxylamine groups is 2. The third-order valence-corrected chi connectivity index (χ3v) is 1.46. The van der Waals surface area contributed by atoms with Crippen LogP contribution < -0.4 is 0 Å². The van der Waals surface area contributed by atoms with Crippen LogP contribution in [0.1, 0.15) is 32.1 Å². The second-order valence-electron chi connectivity index (χ2n) is 2.45. The summed E-state index contributed by atoms with van der Waals surface area (Å²) in [4.78, 5) is 5.07. The zero-order valence-electron chi connectivity index (χ0n) is 10.9. The molecule has 3 atom stereocenters. The van der Waals surface area contributed by atoms with Crippen LogP contribution >= 0.6 is 0 Å². The van der Waals surface area contributed by atoms with Gasteiger partial charge in [0.25, 0.3) is 0 Å². The molecule has 1 rings (SSSR count). The highest BCUT2D eigenvalue weighted by molar-refractivity contribution is 4.73. The fraction of sp³-hybridized carbons (Fsp3) is 1.00. The first-order chi connectivity index (χ1) is 6.73. The Bertz CT molecular complexity index is 237. The molecule has 0 bridgehead atoms. The van der Waals surface area contributed by atoms with Gasteiger partial charge < -0.3 is 5.11 Å². The van der Waals surface area contributed by atoms with Crippen LogP contribution in [0.2, 0.25) is 0 Å². The Morgan fingerprint density at radius 3 is 3.27 bits per heavy atom. The Morgan fingerprint density at radius 2 is 2.64 bits per heavy atom. The van der Waals surface area contributed by atoms with Crippen molar-refractivity contribution < 1.29 is 15.4 Å². The molecule has 3 heteroatoms. The van der Waals surface area contributed by atoms with E-state index in [0.29, 0.717) is 0 Å². The van der Waals surface area contributed by atoms with E-state index >= 15 is 0 Å². The van der Waals surface area contributed by atoms with E-state index in [-0.39, 0.29) is 13.0 Å². The van der Waals surface area contributed by atoms with E-state index in [0.717, 1.165) is 5.06 Å². The number of hydrogen-bond donors (Lipinski definition) is 1. The van der Waals surface area contributed by atoms with Crippen molar-refractivity contribution in [2.75, 3.05) is 13.1 Å². The molecular formula is C8H17NO2. The average molecular weight is 167 g/mol. The number of piperidine rings is 1. The molecule has 0 spiro atoms. The van der Waals surface area contributed by atoms with Crippen LogP contribution in [0, 0.1) is 0 Å². The van der Waals surface area contributed by atoms with Gasteiger partial charge in [0, 0.05) is 18.0 Å². The normalized spacial score (nSPS) is 57.4. The lowest BCUT2D eigenvalue weighted by atomic mass is 10.0. The first kappa shape index (κ1) is 4.80. The van der Waals surface area contributed by atoms with Crippen molar-refractivity contribution in [3.8, 4) is 0 Å². The molecule has 0 aromatic carbocycles. The highest BCUT2D eigenvalue weighted by atomic mass is 16.7. The molecule has 1 heterocycles. The van der Waals surface area contributed by atoms with Gasteiger partial charge in [-0.15, -0.1) is 0 Å². The lowest BCUT2D eigenvalue weighted by Crippen LogP contribution is -2.42. The van der Waals surface area contributed by atoms with Gasteiger partial charge in [-0.2, -0.15) is 5.06 Å². The summed E-state index contributed by atoms with van der Waals surface area (Å²) in [6, 6.07) is -1.59. The quantitative estimate of drug-likeness (QED) is 0.660. The summed E-state index contributed by atoms with van der Waals surface area (Å²) in [5.41, 5.74) is 0. The molecular weight excluding hydrogens is 142 g/mol. The monoisotopic (exact) mass is 167 g/mol. The molecule has 0 amide bonds. The SMILES string of the molecule is [3H]C1C(O)CC([3H])([3H])N(OCC)C1([3H])C. The van der Waals surface area contributed by atoms with Gasteiger partial charge in [-0.25, -0.2) is 0 Å². The molecule has 3 nitrogen and oxygen atoms in total. The Hall–Kier alpha value is -0.120. The van der Waals surface area contributed by atoms with E-state index in [1.807, 2.05) is 0 Å². The van der Waals surface area contributed by atoms with Gasteiger partial charge in [-0.05, 0) is 26.7 Å². The van der Waals surface area contributed by atoms with E-state index < -0.39 is 25.0 Å². The zero-order chi connectivity index (χ0) is 11.9. The molecule has 1 N–H and O–H groups in total. The van der Waals surface area contributed by atoms with Crippen LogP contribution in [-0.4, -0.2) is 35.4 Å². The Kier molecular flexibility index (Phi) is 1.76. The van der Waals surface area contributed by atoms with Crippen molar-refractivity contribution >= 4 is 0 Å². The van der Waals surface area contributed by atoms with E-state index in [1.54, 1.807) is 6.92 Å². The molecule has 1 aliphatic heterocycles. The summed E-state index contributed by atoms with van der Waals surface area (Å²) < 4.78 is 30.9. The van der Waals surface area contributed by atoms with E-state index in [2.05, 4.69) is 0 Å². The van der Waals surface area contributed by atoms with Crippen LogP contribution in [0.3, 0.4) is 0 Å². The minimum Gasteiger partial charge on any atom is -0.393 e. The van der Waals surface area contributed by atoms with Gasteiger partial charge >= 0.3 is 0 Å². The molecule has 0 aromatic heterocycles. The van der Waals surface area contributed by atoms with Crippen LogP contribution in [0.25, 0.3) is 0 Å². The predicted octanol–water partition coefficient (Wildman–Crippen LogP) is 0.783. The molecule has 0 aromatic rings. The van der Waals surface area contributed by atoms with Crippen LogP contribution in [0.4, 0.5) is 0 Å². The van der Waals surface area contributed by atoms with Gasteiger partial charge in [-0.1, -0.05) is 0 Å². The van der Waals surface area contributed by atoms with Crippen molar-refractivity contribution in [3.05, 3.63) is 0 Å². The predicted molar refractivity (Wildman–Crippen MR) is 43.0 cm³/mol. The van der Waals surface area contributed by atoms with Gasteiger partial charge in [0.05, 0.1) is 12.7 Å². The molecule has 11 heavy (non-hydrogen) atoms. The maximum absolute atomic E-state index is 9.51. The summed E-state index contributed by atoms with van der Waals surface area (Å²) in [7, 11) is 0. The third-order valence-electron chi connectivity index (χ3n) is 1.46. The maximum atomic E-state index is 9.51. The minimum absolute atomic E-state index is 0.213.